The smallest absolute Gasteiger partial charge is 0.258 e. The van der Waals surface area contributed by atoms with Crippen LogP contribution in [0, 0.1) is 0 Å². The molecule has 0 aliphatic rings. The standard InChI is InChI=1S/C14H17N3O2/c1-4-9-7-15-6-5-10(9)12-16-13(18)11(8(2)3)14(19)17-12/h5-8H,4H2,1-3H3,(H2,16,17,18,19). The van der Waals surface area contributed by atoms with Gasteiger partial charge in [-0.05, 0) is 24.0 Å². The second-order valence-corrected chi connectivity index (χ2v) is 4.69. The summed E-state index contributed by atoms with van der Waals surface area (Å²) in [5, 5.41) is 9.92. The third kappa shape index (κ3) is 2.50. The molecule has 0 aromatic carbocycles. The highest BCUT2D eigenvalue weighted by Crippen LogP contribution is 2.24. The number of aromatic amines is 1. The predicted octanol–water partition coefficient (Wildman–Crippen LogP) is 2.22. The minimum Gasteiger partial charge on any atom is -0.493 e. The second kappa shape index (κ2) is 5.22. The van der Waals surface area contributed by atoms with Crippen molar-refractivity contribution in [1.82, 2.24) is 15.0 Å². The first-order chi connectivity index (χ1) is 9.04. The summed E-state index contributed by atoms with van der Waals surface area (Å²) in [6, 6.07) is 1.78. The lowest BCUT2D eigenvalue weighted by molar-refractivity contribution is 0.440. The van der Waals surface area contributed by atoms with Crippen LogP contribution in [0.2, 0.25) is 0 Å². The van der Waals surface area contributed by atoms with Crippen LogP contribution in [0.5, 0.6) is 5.88 Å². The van der Waals surface area contributed by atoms with Crippen molar-refractivity contribution in [2.45, 2.75) is 33.1 Å². The molecule has 2 rings (SSSR count). The summed E-state index contributed by atoms with van der Waals surface area (Å²) in [7, 11) is 0. The van der Waals surface area contributed by atoms with E-state index in [1.54, 1.807) is 18.5 Å². The highest BCUT2D eigenvalue weighted by molar-refractivity contribution is 5.59. The summed E-state index contributed by atoms with van der Waals surface area (Å²) >= 11 is 0. The Hall–Kier alpha value is -2.17. The molecular formula is C14H17N3O2. The monoisotopic (exact) mass is 259 g/mol. The van der Waals surface area contributed by atoms with E-state index >= 15 is 0 Å². The fourth-order valence-corrected chi connectivity index (χ4v) is 2.06. The van der Waals surface area contributed by atoms with Crippen LogP contribution in [-0.2, 0) is 6.42 Å². The molecule has 2 heterocycles. The van der Waals surface area contributed by atoms with Gasteiger partial charge in [-0.2, -0.15) is 4.98 Å². The van der Waals surface area contributed by atoms with Gasteiger partial charge in [0, 0.05) is 18.0 Å². The molecule has 100 valence electrons. The molecule has 0 saturated carbocycles. The van der Waals surface area contributed by atoms with Crippen LogP contribution >= 0.6 is 0 Å². The third-order valence-corrected chi connectivity index (χ3v) is 3.05. The summed E-state index contributed by atoms with van der Waals surface area (Å²) in [4.78, 5) is 22.9. The van der Waals surface area contributed by atoms with Gasteiger partial charge in [0.25, 0.3) is 5.56 Å². The van der Waals surface area contributed by atoms with Crippen molar-refractivity contribution in [3.05, 3.63) is 39.9 Å². The zero-order chi connectivity index (χ0) is 14.0. The Morgan fingerprint density at radius 3 is 2.74 bits per heavy atom. The number of H-pyrrole nitrogens is 1. The fraction of sp³-hybridized carbons (Fsp3) is 0.357. The topological polar surface area (TPSA) is 78.9 Å². The molecule has 0 aliphatic carbocycles. The van der Waals surface area contributed by atoms with Gasteiger partial charge in [-0.3, -0.25) is 9.78 Å². The molecule has 5 heteroatoms. The zero-order valence-electron chi connectivity index (χ0n) is 11.3. The van der Waals surface area contributed by atoms with Gasteiger partial charge < -0.3 is 10.1 Å². The molecule has 0 fully saturated rings. The minimum absolute atomic E-state index is 0.0756. The Morgan fingerprint density at radius 1 is 1.42 bits per heavy atom. The summed E-state index contributed by atoms with van der Waals surface area (Å²) in [6.45, 7) is 5.69. The summed E-state index contributed by atoms with van der Waals surface area (Å²) in [5.74, 6) is 0.104. The molecule has 2 N–H and O–H groups in total. The summed E-state index contributed by atoms with van der Waals surface area (Å²) < 4.78 is 0. The van der Waals surface area contributed by atoms with E-state index in [0.29, 0.717) is 11.4 Å². The number of nitrogens with one attached hydrogen (secondary N) is 1. The van der Waals surface area contributed by atoms with E-state index in [1.165, 1.54) is 0 Å². The predicted molar refractivity (Wildman–Crippen MR) is 73.2 cm³/mol. The van der Waals surface area contributed by atoms with Gasteiger partial charge in [0.1, 0.15) is 5.82 Å². The van der Waals surface area contributed by atoms with Crippen molar-refractivity contribution in [3.8, 4) is 17.3 Å². The lowest BCUT2D eigenvalue weighted by Crippen LogP contribution is -2.16. The van der Waals surface area contributed by atoms with E-state index in [9.17, 15) is 9.90 Å². The van der Waals surface area contributed by atoms with E-state index < -0.39 is 0 Å². The number of nitrogens with zero attached hydrogens (tertiary/aromatic N) is 2. The first-order valence-electron chi connectivity index (χ1n) is 6.31. The Kier molecular flexibility index (Phi) is 3.64. The first-order valence-corrected chi connectivity index (χ1v) is 6.31. The molecule has 0 unspecified atom stereocenters. The van der Waals surface area contributed by atoms with Gasteiger partial charge in [0.05, 0.1) is 5.56 Å². The van der Waals surface area contributed by atoms with Crippen LogP contribution in [0.25, 0.3) is 11.4 Å². The molecule has 0 saturated heterocycles. The average Bonchev–Trinajstić information content (AvgIpc) is 2.37. The molecule has 0 bridgehead atoms. The van der Waals surface area contributed by atoms with E-state index in [2.05, 4.69) is 15.0 Å². The first kappa shape index (κ1) is 13.3. The van der Waals surface area contributed by atoms with Crippen molar-refractivity contribution in [3.63, 3.8) is 0 Å². The highest BCUT2D eigenvalue weighted by atomic mass is 16.3. The van der Waals surface area contributed by atoms with Gasteiger partial charge in [0.15, 0.2) is 0 Å². The van der Waals surface area contributed by atoms with Crippen LogP contribution < -0.4 is 5.56 Å². The second-order valence-electron chi connectivity index (χ2n) is 4.69. The number of hydrogen-bond acceptors (Lipinski definition) is 4. The number of aromatic nitrogens is 3. The lowest BCUT2D eigenvalue weighted by Gasteiger charge is -2.10. The largest absolute Gasteiger partial charge is 0.493 e. The molecule has 2 aromatic rings. The van der Waals surface area contributed by atoms with E-state index in [-0.39, 0.29) is 17.4 Å². The van der Waals surface area contributed by atoms with Gasteiger partial charge in [-0.15, -0.1) is 0 Å². The molecule has 0 aliphatic heterocycles. The van der Waals surface area contributed by atoms with Gasteiger partial charge >= 0.3 is 0 Å². The van der Waals surface area contributed by atoms with Crippen molar-refractivity contribution >= 4 is 0 Å². The SMILES string of the molecule is CCc1cnccc1-c1nc(O)c(C(C)C)c(=O)[nH]1. The van der Waals surface area contributed by atoms with E-state index in [1.807, 2.05) is 20.8 Å². The summed E-state index contributed by atoms with van der Waals surface area (Å²) in [6.07, 6.45) is 4.16. The Labute approximate surface area is 111 Å². The zero-order valence-corrected chi connectivity index (χ0v) is 11.3. The van der Waals surface area contributed by atoms with Crippen LogP contribution in [0.1, 0.15) is 37.8 Å². The number of hydrogen-bond donors (Lipinski definition) is 2. The third-order valence-electron chi connectivity index (χ3n) is 3.05. The Bertz CT molecular complexity index is 647. The maximum absolute atomic E-state index is 12.0. The van der Waals surface area contributed by atoms with Crippen molar-refractivity contribution in [2.75, 3.05) is 0 Å². The number of pyridine rings is 1. The normalized spacial score (nSPS) is 10.9. The molecule has 0 spiro atoms. The van der Waals surface area contributed by atoms with Crippen molar-refractivity contribution < 1.29 is 5.11 Å². The maximum atomic E-state index is 12.0. The number of aromatic hydroxyl groups is 1. The Morgan fingerprint density at radius 2 is 2.16 bits per heavy atom. The molecule has 0 atom stereocenters. The molecule has 5 nitrogen and oxygen atoms in total. The molecular weight excluding hydrogens is 242 g/mol. The Balaban J connectivity index is 2.62. The molecule has 2 aromatic heterocycles. The van der Waals surface area contributed by atoms with Crippen molar-refractivity contribution in [2.24, 2.45) is 0 Å². The molecule has 0 amide bonds. The number of aryl methyl sites for hydroxylation is 1. The van der Waals surface area contributed by atoms with Crippen molar-refractivity contribution in [1.29, 1.82) is 0 Å². The maximum Gasteiger partial charge on any atom is 0.258 e. The fourth-order valence-electron chi connectivity index (χ4n) is 2.06. The van der Waals surface area contributed by atoms with Gasteiger partial charge in [-0.25, -0.2) is 0 Å². The molecule has 19 heavy (non-hydrogen) atoms. The number of rotatable bonds is 3. The van der Waals surface area contributed by atoms with Gasteiger partial charge in [-0.1, -0.05) is 20.8 Å². The minimum atomic E-state index is -0.295. The highest BCUT2D eigenvalue weighted by Gasteiger charge is 2.15. The van der Waals surface area contributed by atoms with Crippen LogP contribution in [0.4, 0.5) is 0 Å². The van der Waals surface area contributed by atoms with Crippen LogP contribution in [0.3, 0.4) is 0 Å². The molecule has 0 radical (unpaired) electrons. The average molecular weight is 259 g/mol. The van der Waals surface area contributed by atoms with Gasteiger partial charge in [0.2, 0.25) is 5.88 Å². The van der Waals surface area contributed by atoms with Crippen LogP contribution in [0.15, 0.2) is 23.3 Å². The van der Waals surface area contributed by atoms with E-state index in [4.69, 9.17) is 0 Å². The van der Waals surface area contributed by atoms with E-state index in [0.717, 1.165) is 17.5 Å². The summed E-state index contributed by atoms with van der Waals surface area (Å²) in [5.41, 5.74) is 1.79. The quantitative estimate of drug-likeness (QED) is 0.885. The van der Waals surface area contributed by atoms with Crippen LogP contribution in [-0.4, -0.2) is 20.1 Å². The lowest BCUT2D eigenvalue weighted by atomic mass is 10.1.